The lowest BCUT2D eigenvalue weighted by molar-refractivity contribution is -0.191. The van der Waals surface area contributed by atoms with E-state index in [9.17, 15) is 28.4 Å². The number of halogens is 2. The van der Waals surface area contributed by atoms with E-state index in [2.05, 4.69) is 20.0 Å². The molecule has 1 saturated heterocycles. The van der Waals surface area contributed by atoms with Gasteiger partial charge in [0.15, 0.2) is 23.3 Å². The first-order valence-corrected chi connectivity index (χ1v) is 15.0. The third kappa shape index (κ3) is 5.96. The van der Waals surface area contributed by atoms with Crippen LogP contribution in [0, 0.1) is 0 Å². The minimum absolute atomic E-state index is 0.0561. The van der Waals surface area contributed by atoms with Crippen LogP contribution in [0.25, 0.3) is 21.9 Å². The SMILES string of the molecule is CC(C)OC(=O)C(C)NP(=O)(OCC1(C(F)F)OC(n2cnc3ncnc(N)c32)C(O)C1O)Oc1cccc2ccccc12. The Kier molecular flexibility index (Phi) is 8.84. The van der Waals surface area contributed by atoms with Crippen molar-refractivity contribution in [3.05, 3.63) is 55.1 Å². The number of carbonyl (C=O) groups is 1. The number of carbonyl (C=O) groups excluding carboxylic acids is 1. The second-order valence-electron chi connectivity index (χ2n) is 10.5. The predicted octanol–water partition coefficient (Wildman–Crippen LogP) is 2.95. The molecule has 236 valence electrons. The van der Waals surface area contributed by atoms with Crippen LogP contribution >= 0.6 is 7.75 Å². The Hall–Kier alpha value is -3.79. The number of nitrogens with zero attached hydrogens (tertiary/aromatic N) is 4. The molecule has 14 nitrogen and oxygen atoms in total. The standard InChI is InChI=1S/C27H31F2N6O8P/c1-14(2)41-25(38)15(3)34-44(39,43-18-10-6-8-16-7-4-5-9-17(16)18)40-11-27(26(28)29)21(37)20(36)24(42-27)35-13-33-23-19(35)22(30)31-12-32-23/h4-10,12-15,20-21,24,26,36-37H,11H2,1-3H3,(H,34,39)(H2,30,31,32). The summed E-state index contributed by atoms with van der Waals surface area (Å²) in [6.07, 6.45) is -7.56. The van der Waals surface area contributed by atoms with Crippen molar-refractivity contribution in [2.45, 2.75) is 63.4 Å². The van der Waals surface area contributed by atoms with Crippen LogP contribution in [0.3, 0.4) is 0 Å². The first kappa shape index (κ1) is 31.6. The minimum Gasteiger partial charge on any atom is -0.462 e. The monoisotopic (exact) mass is 636 g/mol. The molecule has 3 heterocycles. The van der Waals surface area contributed by atoms with Crippen molar-refractivity contribution < 1.29 is 46.9 Å². The average Bonchev–Trinajstić information content (AvgIpc) is 3.52. The van der Waals surface area contributed by atoms with E-state index in [0.717, 1.165) is 17.2 Å². The van der Waals surface area contributed by atoms with Gasteiger partial charge < -0.3 is 29.9 Å². The number of hydrogen-bond donors (Lipinski definition) is 4. The number of aliphatic hydroxyl groups is 2. The Morgan fingerprint density at radius 2 is 1.89 bits per heavy atom. The molecular weight excluding hydrogens is 605 g/mol. The van der Waals surface area contributed by atoms with E-state index in [-0.39, 0.29) is 22.7 Å². The molecule has 6 unspecified atom stereocenters. The second kappa shape index (κ2) is 12.3. The number of nitrogen functional groups attached to an aromatic ring is 1. The number of aliphatic hydroxyl groups excluding tert-OH is 2. The number of rotatable bonds is 11. The lowest BCUT2D eigenvalue weighted by Crippen LogP contribution is -2.53. The molecule has 1 aliphatic rings. The summed E-state index contributed by atoms with van der Waals surface area (Å²) in [5.74, 6) is -0.836. The van der Waals surface area contributed by atoms with E-state index in [1.165, 1.54) is 13.0 Å². The quantitative estimate of drug-likeness (QED) is 0.139. The van der Waals surface area contributed by atoms with Gasteiger partial charge >= 0.3 is 13.7 Å². The molecule has 5 rings (SSSR count). The van der Waals surface area contributed by atoms with Gasteiger partial charge in [-0.2, -0.15) is 5.09 Å². The van der Waals surface area contributed by atoms with Crippen LogP contribution in [0.1, 0.15) is 27.0 Å². The van der Waals surface area contributed by atoms with E-state index < -0.39 is 62.9 Å². The molecule has 2 aromatic heterocycles. The number of nitrogens with two attached hydrogens (primary N) is 1. The van der Waals surface area contributed by atoms with Gasteiger partial charge in [-0.25, -0.2) is 28.3 Å². The first-order chi connectivity index (χ1) is 20.8. The number of hydrogen-bond acceptors (Lipinski definition) is 12. The van der Waals surface area contributed by atoms with Crippen molar-refractivity contribution in [1.82, 2.24) is 24.6 Å². The zero-order chi connectivity index (χ0) is 31.8. The van der Waals surface area contributed by atoms with Crippen molar-refractivity contribution in [3.8, 4) is 5.75 Å². The summed E-state index contributed by atoms with van der Waals surface area (Å²) in [6.45, 7) is 3.30. The maximum Gasteiger partial charge on any atom is 0.459 e. The fourth-order valence-corrected chi connectivity index (χ4v) is 6.34. The summed E-state index contributed by atoms with van der Waals surface area (Å²) >= 11 is 0. The molecule has 5 N–H and O–H groups in total. The van der Waals surface area contributed by atoms with Gasteiger partial charge in [-0.3, -0.25) is 13.9 Å². The molecular formula is C27H31F2N6O8P. The van der Waals surface area contributed by atoms with E-state index >= 15 is 0 Å². The Labute approximate surface area is 249 Å². The highest BCUT2D eigenvalue weighted by Crippen LogP contribution is 2.50. The molecule has 1 fully saturated rings. The number of nitrogens with one attached hydrogen (secondary N) is 1. The minimum atomic E-state index is -4.72. The van der Waals surface area contributed by atoms with Crippen LogP contribution in [0.2, 0.25) is 0 Å². The summed E-state index contributed by atoms with van der Waals surface area (Å²) in [7, 11) is -4.72. The van der Waals surface area contributed by atoms with Crippen molar-refractivity contribution in [3.63, 3.8) is 0 Å². The van der Waals surface area contributed by atoms with Crippen LogP contribution in [0.4, 0.5) is 14.6 Å². The number of ether oxygens (including phenoxy) is 2. The molecule has 0 aliphatic carbocycles. The number of aromatic nitrogens is 4. The summed E-state index contributed by atoms with van der Waals surface area (Å²) in [4.78, 5) is 24.4. The average molecular weight is 637 g/mol. The van der Waals surface area contributed by atoms with Gasteiger partial charge in [0.2, 0.25) is 0 Å². The molecule has 0 saturated carbocycles. The smallest absolute Gasteiger partial charge is 0.459 e. The molecule has 2 aromatic carbocycles. The van der Waals surface area contributed by atoms with Crippen LogP contribution in [0.5, 0.6) is 5.75 Å². The third-order valence-electron chi connectivity index (χ3n) is 6.98. The van der Waals surface area contributed by atoms with Gasteiger partial charge in [0.05, 0.1) is 12.7 Å². The van der Waals surface area contributed by atoms with Crippen molar-refractivity contribution in [2.24, 2.45) is 0 Å². The predicted molar refractivity (Wildman–Crippen MR) is 153 cm³/mol. The molecule has 6 atom stereocenters. The summed E-state index contributed by atoms with van der Waals surface area (Å²) in [5.41, 5.74) is 3.16. The lowest BCUT2D eigenvalue weighted by atomic mass is 9.96. The van der Waals surface area contributed by atoms with Crippen LogP contribution in [-0.2, 0) is 23.4 Å². The zero-order valence-corrected chi connectivity index (χ0v) is 24.7. The number of benzene rings is 2. The Morgan fingerprint density at radius 3 is 2.61 bits per heavy atom. The Balaban J connectivity index is 1.47. The molecule has 0 spiro atoms. The van der Waals surface area contributed by atoms with Gasteiger partial charge in [0, 0.05) is 5.39 Å². The molecule has 44 heavy (non-hydrogen) atoms. The maximum atomic E-state index is 14.8. The molecule has 4 aromatic rings. The van der Waals surface area contributed by atoms with Gasteiger partial charge in [-0.15, -0.1) is 0 Å². The highest BCUT2D eigenvalue weighted by atomic mass is 31.2. The Bertz CT molecular complexity index is 1700. The van der Waals surface area contributed by atoms with Crippen LogP contribution in [0.15, 0.2) is 55.1 Å². The largest absolute Gasteiger partial charge is 0.462 e. The van der Waals surface area contributed by atoms with Gasteiger partial charge in [0.25, 0.3) is 6.43 Å². The third-order valence-corrected chi connectivity index (χ3v) is 8.59. The summed E-state index contributed by atoms with van der Waals surface area (Å²) in [5, 5.41) is 25.5. The van der Waals surface area contributed by atoms with E-state index in [1.54, 1.807) is 50.2 Å². The highest BCUT2D eigenvalue weighted by molar-refractivity contribution is 7.52. The fraction of sp³-hybridized carbons (Fsp3) is 0.407. The summed E-state index contributed by atoms with van der Waals surface area (Å²) in [6, 6.07) is 10.5. The second-order valence-corrected chi connectivity index (χ2v) is 12.2. The first-order valence-electron chi connectivity index (χ1n) is 13.5. The molecule has 0 amide bonds. The van der Waals surface area contributed by atoms with E-state index in [1.807, 2.05) is 0 Å². The van der Waals surface area contributed by atoms with Gasteiger partial charge in [-0.05, 0) is 32.2 Å². The number of fused-ring (bicyclic) bond motifs is 2. The van der Waals surface area contributed by atoms with Gasteiger partial charge in [-0.1, -0.05) is 36.4 Å². The van der Waals surface area contributed by atoms with E-state index in [4.69, 9.17) is 24.3 Å². The zero-order valence-electron chi connectivity index (χ0n) is 23.8. The van der Waals surface area contributed by atoms with Crippen molar-refractivity contribution in [2.75, 3.05) is 12.3 Å². The van der Waals surface area contributed by atoms with Gasteiger partial charge in [0.1, 0.15) is 42.2 Å². The molecule has 0 radical (unpaired) electrons. The molecule has 0 bridgehead atoms. The van der Waals surface area contributed by atoms with Crippen LogP contribution < -0.4 is 15.3 Å². The highest BCUT2D eigenvalue weighted by Gasteiger charge is 2.61. The molecule has 17 heteroatoms. The number of anilines is 1. The van der Waals surface area contributed by atoms with E-state index in [0.29, 0.717) is 10.8 Å². The number of esters is 1. The van der Waals surface area contributed by atoms with Crippen molar-refractivity contribution in [1.29, 1.82) is 0 Å². The van der Waals surface area contributed by atoms with Crippen molar-refractivity contribution >= 4 is 41.5 Å². The topological polar surface area (TPSA) is 193 Å². The number of imidazole rings is 1. The molecule has 1 aliphatic heterocycles. The fourth-order valence-electron chi connectivity index (χ4n) is 4.79. The maximum absolute atomic E-state index is 14.8. The number of alkyl halides is 2. The van der Waals surface area contributed by atoms with Crippen LogP contribution in [-0.4, -0.2) is 78.7 Å². The lowest BCUT2D eigenvalue weighted by Gasteiger charge is -2.32. The summed E-state index contributed by atoms with van der Waals surface area (Å²) < 4.78 is 67.0. The Morgan fingerprint density at radius 1 is 1.16 bits per heavy atom. The normalized spacial score (nSPS) is 24.2.